The fraction of sp³-hybridized carbons (Fsp3) is 0.368. The van der Waals surface area contributed by atoms with Crippen LogP contribution in [-0.2, 0) is 6.42 Å². The second-order valence-corrected chi connectivity index (χ2v) is 7.81. The predicted molar refractivity (Wildman–Crippen MR) is 99.8 cm³/mol. The van der Waals surface area contributed by atoms with Gasteiger partial charge in [-0.15, -0.1) is 0 Å². The standard InChI is InChI=1S/C19H24IN/c1-19(2,3)21-14-17(16-7-5-4-6-8-16)13-15-9-11-18(20)12-10-15/h4-12,17,21H,13-14H2,1-3H3. The monoisotopic (exact) mass is 393 g/mol. The van der Waals surface area contributed by atoms with Gasteiger partial charge in [-0.1, -0.05) is 42.5 Å². The molecule has 1 atom stereocenters. The van der Waals surface area contributed by atoms with Gasteiger partial charge in [0.15, 0.2) is 0 Å². The Morgan fingerprint density at radius 3 is 2.14 bits per heavy atom. The summed E-state index contributed by atoms with van der Waals surface area (Å²) in [6.45, 7) is 7.67. The molecule has 2 aromatic carbocycles. The minimum atomic E-state index is 0.152. The van der Waals surface area contributed by atoms with Crippen LogP contribution in [0.4, 0.5) is 0 Å². The molecule has 0 saturated carbocycles. The SMILES string of the molecule is CC(C)(C)NCC(Cc1ccc(I)cc1)c1ccccc1. The van der Waals surface area contributed by atoms with E-state index in [9.17, 15) is 0 Å². The Hall–Kier alpha value is -0.870. The van der Waals surface area contributed by atoms with Crippen molar-refractivity contribution in [3.8, 4) is 0 Å². The van der Waals surface area contributed by atoms with E-state index < -0.39 is 0 Å². The van der Waals surface area contributed by atoms with E-state index in [-0.39, 0.29) is 5.54 Å². The van der Waals surface area contributed by atoms with Gasteiger partial charge in [0, 0.05) is 21.6 Å². The molecule has 0 bridgehead atoms. The fourth-order valence-electron chi connectivity index (χ4n) is 2.37. The molecule has 0 radical (unpaired) electrons. The first-order chi connectivity index (χ1) is 9.94. The summed E-state index contributed by atoms with van der Waals surface area (Å²) >= 11 is 2.36. The van der Waals surface area contributed by atoms with Crippen LogP contribution in [0.2, 0.25) is 0 Å². The molecular weight excluding hydrogens is 369 g/mol. The van der Waals surface area contributed by atoms with Gasteiger partial charge in [0.1, 0.15) is 0 Å². The summed E-state index contributed by atoms with van der Waals surface area (Å²) in [5.41, 5.74) is 2.96. The molecule has 0 fully saturated rings. The van der Waals surface area contributed by atoms with Gasteiger partial charge in [-0.25, -0.2) is 0 Å². The quantitative estimate of drug-likeness (QED) is 0.705. The minimum Gasteiger partial charge on any atom is -0.311 e. The fourth-order valence-corrected chi connectivity index (χ4v) is 2.73. The Kier molecular flexibility index (Phi) is 5.82. The lowest BCUT2D eigenvalue weighted by atomic mass is 9.91. The number of benzene rings is 2. The van der Waals surface area contributed by atoms with Crippen molar-refractivity contribution in [2.24, 2.45) is 0 Å². The Balaban J connectivity index is 2.13. The average Bonchev–Trinajstić information content (AvgIpc) is 2.45. The highest BCUT2D eigenvalue weighted by Crippen LogP contribution is 2.21. The van der Waals surface area contributed by atoms with Crippen LogP contribution in [0.25, 0.3) is 0 Å². The summed E-state index contributed by atoms with van der Waals surface area (Å²) < 4.78 is 1.29. The van der Waals surface area contributed by atoms with Gasteiger partial charge < -0.3 is 5.32 Å². The van der Waals surface area contributed by atoms with E-state index >= 15 is 0 Å². The zero-order chi connectivity index (χ0) is 15.3. The zero-order valence-corrected chi connectivity index (χ0v) is 15.2. The van der Waals surface area contributed by atoms with Gasteiger partial charge in [0.25, 0.3) is 0 Å². The third kappa shape index (κ3) is 5.79. The average molecular weight is 393 g/mol. The molecule has 0 aliphatic rings. The predicted octanol–water partition coefficient (Wildman–Crippen LogP) is 5.01. The molecule has 1 nitrogen and oxygen atoms in total. The van der Waals surface area contributed by atoms with Gasteiger partial charge in [0.2, 0.25) is 0 Å². The van der Waals surface area contributed by atoms with Crippen LogP contribution in [0.1, 0.15) is 37.8 Å². The maximum absolute atomic E-state index is 3.65. The Bertz CT molecular complexity index is 540. The molecule has 21 heavy (non-hydrogen) atoms. The highest BCUT2D eigenvalue weighted by molar-refractivity contribution is 14.1. The summed E-state index contributed by atoms with van der Waals surface area (Å²) in [4.78, 5) is 0. The maximum Gasteiger partial charge on any atom is 0.0130 e. The largest absolute Gasteiger partial charge is 0.311 e. The number of halogens is 1. The van der Waals surface area contributed by atoms with E-state index in [1.54, 1.807) is 0 Å². The summed E-state index contributed by atoms with van der Waals surface area (Å²) in [6.07, 6.45) is 1.07. The summed E-state index contributed by atoms with van der Waals surface area (Å²) in [5.74, 6) is 0.505. The smallest absolute Gasteiger partial charge is 0.0130 e. The van der Waals surface area contributed by atoms with E-state index in [2.05, 4.69) is 103 Å². The van der Waals surface area contributed by atoms with Crippen LogP contribution in [0.15, 0.2) is 54.6 Å². The van der Waals surface area contributed by atoms with E-state index in [1.807, 2.05) is 0 Å². The minimum absolute atomic E-state index is 0.152. The number of nitrogens with one attached hydrogen (secondary N) is 1. The van der Waals surface area contributed by atoms with E-state index in [0.29, 0.717) is 5.92 Å². The molecule has 0 heterocycles. The topological polar surface area (TPSA) is 12.0 Å². The lowest BCUT2D eigenvalue weighted by Gasteiger charge is -2.26. The summed E-state index contributed by atoms with van der Waals surface area (Å²) in [5, 5.41) is 3.65. The van der Waals surface area contributed by atoms with Gasteiger partial charge in [-0.3, -0.25) is 0 Å². The lowest BCUT2D eigenvalue weighted by molar-refractivity contribution is 0.405. The van der Waals surface area contributed by atoms with Crippen molar-refractivity contribution in [2.75, 3.05) is 6.54 Å². The molecular formula is C19H24IN. The van der Waals surface area contributed by atoms with Crippen molar-refractivity contribution >= 4 is 22.6 Å². The second-order valence-electron chi connectivity index (χ2n) is 6.57. The van der Waals surface area contributed by atoms with Crippen LogP contribution in [0, 0.1) is 3.57 Å². The normalized spacial score (nSPS) is 13.1. The first-order valence-electron chi connectivity index (χ1n) is 7.48. The number of hydrogen-bond donors (Lipinski definition) is 1. The second kappa shape index (κ2) is 7.41. The van der Waals surface area contributed by atoms with Crippen LogP contribution in [0.5, 0.6) is 0 Å². The molecule has 0 aliphatic carbocycles. The van der Waals surface area contributed by atoms with Crippen molar-refractivity contribution in [3.63, 3.8) is 0 Å². The first-order valence-corrected chi connectivity index (χ1v) is 8.56. The van der Waals surface area contributed by atoms with Crippen molar-refractivity contribution in [2.45, 2.75) is 38.6 Å². The van der Waals surface area contributed by atoms with Crippen molar-refractivity contribution in [3.05, 3.63) is 69.3 Å². The highest BCUT2D eigenvalue weighted by atomic mass is 127. The molecule has 2 aromatic rings. The third-order valence-corrected chi connectivity index (χ3v) is 4.26. The lowest BCUT2D eigenvalue weighted by Crippen LogP contribution is -2.39. The summed E-state index contributed by atoms with van der Waals surface area (Å²) in [7, 11) is 0. The Labute approximate surface area is 142 Å². The molecule has 0 aliphatic heterocycles. The third-order valence-electron chi connectivity index (χ3n) is 3.55. The Morgan fingerprint density at radius 1 is 0.952 bits per heavy atom. The molecule has 2 rings (SSSR count). The van der Waals surface area contributed by atoms with Gasteiger partial charge in [0.05, 0.1) is 0 Å². The molecule has 1 N–H and O–H groups in total. The van der Waals surface area contributed by atoms with Crippen molar-refractivity contribution in [1.82, 2.24) is 5.32 Å². The van der Waals surface area contributed by atoms with Crippen LogP contribution in [-0.4, -0.2) is 12.1 Å². The molecule has 0 spiro atoms. The van der Waals surface area contributed by atoms with Gasteiger partial charge in [-0.2, -0.15) is 0 Å². The maximum atomic E-state index is 3.65. The first kappa shape index (κ1) is 16.5. The molecule has 1 unspecified atom stereocenters. The highest BCUT2D eigenvalue weighted by Gasteiger charge is 2.16. The van der Waals surface area contributed by atoms with Crippen molar-refractivity contribution < 1.29 is 0 Å². The molecule has 0 saturated heterocycles. The number of hydrogen-bond acceptors (Lipinski definition) is 1. The van der Waals surface area contributed by atoms with Crippen LogP contribution < -0.4 is 5.32 Å². The molecule has 112 valence electrons. The van der Waals surface area contributed by atoms with Crippen molar-refractivity contribution in [1.29, 1.82) is 0 Å². The van der Waals surface area contributed by atoms with E-state index in [0.717, 1.165) is 13.0 Å². The van der Waals surface area contributed by atoms with Crippen LogP contribution in [0.3, 0.4) is 0 Å². The van der Waals surface area contributed by atoms with Crippen LogP contribution >= 0.6 is 22.6 Å². The van der Waals surface area contributed by atoms with E-state index in [4.69, 9.17) is 0 Å². The zero-order valence-electron chi connectivity index (χ0n) is 13.1. The Morgan fingerprint density at radius 2 is 1.57 bits per heavy atom. The van der Waals surface area contributed by atoms with E-state index in [1.165, 1.54) is 14.7 Å². The number of rotatable bonds is 5. The molecule has 0 amide bonds. The molecule has 0 aromatic heterocycles. The summed E-state index contributed by atoms with van der Waals surface area (Å²) in [6, 6.07) is 19.7. The van der Waals surface area contributed by atoms with Gasteiger partial charge in [-0.05, 0) is 73.0 Å². The van der Waals surface area contributed by atoms with Gasteiger partial charge >= 0.3 is 0 Å². The molecule has 2 heteroatoms.